The minimum absolute atomic E-state index is 0.0571. The maximum Gasteiger partial charge on any atom is 0.247 e. The molecule has 2 aromatic rings. The molecule has 0 radical (unpaired) electrons. The topological polar surface area (TPSA) is 83.0 Å². The Labute approximate surface area is 185 Å². The van der Waals surface area contributed by atoms with Gasteiger partial charge < -0.3 is 14.7 Å². The third-order valence-corrected chi connectivity index (χ3v) is 7.78. The number of pyridine rings is 1. The molecule has 2 heterocycles. The number of ether oxygens (including phenoxy) is 1. The maximum atomic E-state index is 13.5. The molecule has 170 valence electrons. The van der Waals surface area contributed by atoms with Gasteiger partial charge in [0.2, 0.25) is 10.0 Å². The Balaban J connectivity index is 2.10. The first-order chi connectivity index (χ1) is 14.8. The molecule has 3 atom stereocenters. The van der Waals surface area contributed by atoms with Gasteiger partial charge in [0, 0.05) is 43.0 Å². The standard InChI is InChI=1S/C23H33N3O4S/c1-5-11-25(4)15-22-17(2)14-26(18(3)16-27)31(28,29)23-9-8-19(12-21(23)30-22)20-7-6-10-24-13-20/h6-10,12-13,17-18,22,27H,5,11,14-16H2,1-4H3/t17-,18+,22-/m1/s1. The number of sulfonamides is 1. The normalized spacial score (nSPS) is 22.3. The predicted molar refractivity (Wildman–Crippen MR) is 121 cm³/mol. The van der Waals surface area contributed by atoms with E-state index in [1.54, 1.807) is 37.5 Å². The van der Waals surface area contributed by atoms with E-state index in [9.17, 15) is 13.5 Å². The van der Waals surface area contributed by atoms with Crippen LogP contribution in [0.2, 0.25) is 0 Å². The van der Waals surface area contributed by atoms with Gasteiger partial charge in [-0.3, -0.25) is 4.98 Å². The van der Waals surface area contributed by atoms with Gasteiger partial charge in [0.15, 0.2) is 0 Å². The fourth-order valence-electron chi connectivity index (χ4n) is 3.94. The van der Waals surface area contributed by atoms with Gasteiger partial charge in [0.25, 0.3) is 0 Å². The van der Waals surface area contributed by atoms with Crippen molar-refractivity contribution in [1.82, 2.24) is 14.2 Å². The molecule has 0 unspecified atom stereocenters. The molecule has 0 bridgehead atoms. The first-order valence-electron chi connectivity index (χ1n) is 10.8. The average molecular weight is 448 g/mol. The molecule has 1 aliphatic rings. The molecule has 1 N–H and O–H groups in total. The van der Waals surface area contributed by atoms with E-state index >= 15 is 0 Å². The average Bonchev–Trinajstić information content (AvgIpc) is 2.76. The molecule has 7 nitrogen and oxygen atoms in total. The summed E-state index contributed by atoms with van der Waals surface area (Å²) in [5, 5.41) is 9.74. The number of rotatable bonds is 7. The third-order valence-electron chi connectivity index (χ3n) is 5.76. The van der Waals surface area contributed by atoms with E-state index in [0.29, 0.717) is 18.8 Å². The van der Waals surface area contributed by atoms with Gasteiger partial charge in [-0.15, -0.1) is 0 Å². The zero-order chi connectivity index (χ0) is 22.6. The summed E-state index contributed by atoms with van der Waals surface area (Å²) in [5.74, 6) is 0.288. The van der Waals surface area contributed by atoms with Crippen LogP contribution in [-0.2, 0) is 10.0 Å². The van der Waals surface area contributed by atoms with E-state index in [0.717, 1.165) is 24.1 Å². The van der Waals surface area contributed by atoms with E-state index in [2.05, 4.69) is 23.9 Å². The third kappa shape index (κ3) is 5.26. The zero-order valence-electron chi connectivity index (χ0n) is 18.7. The van der Waals surface area contributed by atoms with Crippen molar-refractivity contribution in [2.75, 3.05) is 33.3 Å². The highest BCUT2D eigenvalue weighted by atomic mass is 32.2. The van der Waals surface area contributed by atoms with E-state index in [4.69, 9.17) is 4.74 Å². The summed E-state index contributed by atoms with van der Waals surface area (Å²) in [5.41, 5.74) is 1.74. The Bertz CT molecular complexity index is 968. The van der Waals surface area contributed by atoms with Gasteiger partial charge in [0.1, 0.15) is 16.7 Å². The first-order valence-corrected chi connectivity index (χ1v) is 12.2. The fraction of sp³-hybridized carbons (Fsp3) is 0.522. The second-order valence-electron chi connectivity index (χ2n) is 8.41. The first kappa shape index (κ1) is 23.7. The SMILES string of the molecule is CCCN(C)C[C@H]1Oc2cc(-c3cccnc3)ccc2S(=O)(=O)N([C@@H](C)CO)C[C@H]1C. The molecular formula is C23H33N3O4S. The maximum absolute atomic E-state index is 13.5. The van der Waals surface area contributed by atoms with Gasteiger partial charge in [-0.05, 0) is 50.7 Å². The van der Waals surface area contributed by atoms with E-state index in [-0.39, 0.29) is 23.5 Å². The highest BCUT2D eigenvalue weighted by molar-refractivity contribution is 7.89. The van der Waals surface area contributed by atoms with Crippen molar-refractivity contribution >= 4 is 10.0 Å². The molecule has 1 aromatic carbocycles. The smallest absolute Gasteiger partial charge is 0.247 e. The lowest BCUT2D eigenvalue weighted by Gasteiger charge is -2.37. The summed E-state index contributed by atoms with van der Waals surface area (Å²) in [6.07, 6.45) is 4.28. The second-order valence-corrected chi connectivity index (χ2v) is 10.3. The van der Waals surface area contributed by atoms with Crippen LogP contribution in [0.5, 0.6) is 5.75 Å². The monoisotopic (exact) mass is 447 g/mol. The van der Waals surface area contributed by atoms with Crippen molar-refractivity contribution in [1.29, 1.82) is 0 Å². The lowest BCUT2D eigenvalue weighted by molar-refractivity contribution is 0.0753. The van der Waals surface area contributed by atoms with Gasteiger partial charge >= 0.3 is 0 Å². The molecule has 0 saturated heterocycles. The van der Waals surface area contributed by atoms with Crippen molar-refractivity contribution in [3.05, 3.63) is 42.7 Å². The van der Waals surface area contributed by atoms with Crippen LogP contribution in [0.4, 0.5) is 0 Å². The molecule has 0 spiro atoms. The molecule has 0 aliphatic carbocycles. The second kappa shape index (κ2) is 10.1. The van der Waals surface area contributed by atoms with Crippen LogP contribution in [0.3, 0.4) is 0 Å². The van der Waals surface area contributed by atoms with Gasteiger partial charge in [-0.1, -0.05) is 26.0 Å². The van der Waals surface area contributed by atoms with Crippen molar-refractivity contribution in [2.45, 2.75) is 44.2 Å². The summed E-state index contributed by atoms with van der Waals surface area (Å²) in [4.78, 5) is 6.51. The lowest BCUT2D eigenvalue weighted by atomic mass is 10.0. The van der Waals surface area contributed by atoms with Gasteiger partial charge in [0.05, 0.1) is 6.61 Å². The highest BCUT2D eigenvalue weighted by Crippen LogP contribution is 2.36. The van der Waals surface area contributed by atoms with E-state index in [1.807, 2.05) is 19.1 Å². The summed E-state index contributed by atoms with van der Waals surface area (Å²) in [7, 11) is -1.78. The van der Waals surface area contributed by atoms with Crippen LogP contribution in [0.25, 0.3) is 11.1 Å². The number of benzene rings is 1. The molecule has 0 saturated carbocycles. The van der Waals surface area contributed by atoms with Crippen LogP contribution in [-0.4, -0.2) is 73.1 Å². The number of fused-ring (bicyclic) bond motifs is 1. The molecule has 1 aromatic heterocycles. The molecule has 0 fully saturated rings. The number of nitrogens with zero attached hydrogens (tertiary/aromatic N) is 3. The number of hydrogen-bond acceptors (Lipinski definition) is 6. The summed E-state index contributed by atoms with van der Waals surface area (Å²) in [6, 6.07) is 8.43. The fourth-order valence-corrected chi connectivity index (χ4v) is 5.76. The van der Waals surface area contributed by atoms with E-state index in [1.165, 1.54) is 4.31 Å². The molecule has 31 heavy (non-hydrogen) atoms. The largest absolute Gasteiger partial charge is 0.487 e. The Morgan fingerprint density at radius 3 is 2.74 bits per heavy atom. The molecular weight excluding hydrogens is 414 g/mol. The van der Waals surface area contributed by atoms with Crippen LogP contribution in [0, 0.1) is 5.92 Å². The highest BCUT2D eigenvalue weighted by Gasteiger charge is 2.38. The predicted octanol–water partition coefficient (Wildman–Crippen LogP) is 2.86. The quantitative estimate of drug-likeness (QED) is 0.703. The van der Waals surface area contributed by atoms with Crippen molar-refractivity contribution in [3.8, 4) is 16.9 Å². The minimum atomic E-state index is -3.83. The Morgan fingerprint density at radius 2 is 2.10 bits per heavy atom. The lowest BCUT2D eigenvalue weighted by Crippen LogP contribution is -2.49. The van der Waals surface area contributed by atoms with Crippen LogP contribution in [0.15, 0.2) is 47.6 Å². The molecule has 8 heteroatoms. The van der Waals surface area contributed by atoms with Crippen molar-refractivity contribution in [3.63, 3.8) is 0 Å². The van der Waals surface area contributed by atoms with Gasteiger partial charge in [-0.2, -0.15) is 4.31 Å². The summed E-state index contributed by atoms with van der Waals surface area (Å²) in [6.45, 7) is 7.54. The Hall–Kier alpha value is -2.00. The van der Waals surface area contributed by atoms with Crippen molar-refractivity contribution in [2.24, 2.45) is 5.92 Å². The van der Waals surface area contributed by atoms with E-state index < -0.39 is 16.1 Å². The van der Waals surface area contributed by atoms with Crippen LogP contribution in [0.1, 0.15) is 27.2 Å². The summed E-state index contributed by atoms with van der Waals surface area (Å²) >= 11 is 0. The minimum Gasteiger partial charge on any atom is -0.487 e. The Morgan fingerprint density at radius 1 is 1.32 bits per heavy atom. The van der Waals surface area contributed by atoms with Crippen LogP contribution >= 0.6 is 0 Å². The molecule has 3 rings (SSSR count). The molecule has 0 amide bonds. The van der Waals surface area contributed by atoms with Crippen molar-refractivity contribution < 1.29 is 18.3 Å². The number of aliphatic hydroxyl groups is 1. The molecule has 1 aliphatic heterocycles. The summed E-state index contributed by atoms with van der Waals surface area (Å²) < 4.78 is 34.8. The number of likely N-dealkylation sites (N-methyl/N-ethyl adjacent to an activating group) is 1. The zero-order valence-corrected chi connectivity index (χ0v) is 19.5. The van der Waals surface area contributed by atoms with Gasteiger partial charge in [-0.25, -0.2) is 8.42 Å². The number of aliphatic hydroxyl groups excluding tert-OH is 1. The van der Waals surface area contributed by atoms with Crippen LogP contribution < -0.4 is 4.74 Å². The Kier molecular flexibility index (Phi) is 7.69. The number of aromatic nitrogens is 1. The number of hydrogen-bond donors (Lipinski definition) is 1.